The summed E-state index contributed by atoms with van der Waals surface area (Å²) in [5.41, 5.74) is 0.516. The fourth-order valence-corrected chi connectivity index (χ4v) is 4.86. The van der Waals surface area contributed by atoms with Gasteiger partial charge < -0.3 is 14.2 Å². The van der Waals surface area contributed by atoms with Gasteiger partial charge in [-0.25, -0.2) is 0 Å². The third kappa shape index (κ3) is 14.7. The van der Waals surface area contributed by atoms with Gasteiger partial charge in [0, 0.05) is 19.4 Å². The molecule has 0 aliphatic carbocycles. The topological polar surface area (TPSA) is 44.8 Å². The molecule has 0 radical (unpaired) electrons. The number of hydrogen-bond donors (Lipinski definition) is 0. The standard InChI is InChI=1S/C31H52O4/c1-2-3-4-5-6-7-8-9-10-11-12-13-14-15-16-20-25-33-27-31(24-23-30(32)35-31)28-34-26-29-21-18-17-19-22-29/h17-19,21-22H,2-16,20,23-28H2,1H3. The highest BCUT2D eigenvalue weighted by Crippen LogP contribution is 2.28. The molecule has 0 spiro atoms. The summed E-state index contributed by atoms with van der Waals surface area (Å²) < 4.78 is 17.5. The minimum atomic E-state index is -0.610. The van der Waals surface area contributed by atoms with Crippen LogP contribution in [0.2, 0.25) is 0 Å². The molecule has 1 heterocycles. The number of rotatable bonds is 23. The monoisotopic (exact) mass is 488 g/mol. The van der Waals surface area contributed by atoms with Crippen molar-refractivity contribution in [3.05, 3.63) is 35.9 Å². The van der Waals surface area contributed by atoms with E-state index in [1.54, 1.807) is 0 Å². The molecule has 1 aromatic carbocycles. The Bertz CT molecular complexity index is 632. The number of hydrogen-bond acceptors (Lipinski definition) is 4. The Morgan fingerprint density at radius 1 is 0.714 bits per heavy atom. The average Bonchev–Trinajstić information content (AvgIpc) is 3.24. The van der Waals surface area contributed by atoms with E-state index in [0.29, 0.717) is 32.7 Å². The second-order valence-corrected chi connectivity index (χ2v) is 10.5. The number of esters is 1. The van der Waals surface area contributed by atoms with E-state index in [1.165, 1.54) is 96.3 Å². The Kier molecular flexibility index (Phi) is 16.8. The molecule has 200 valence electrons. The molecular weight excluding hydrogens is 436 g/mol. The molecule has 1 fully saturated rings. The van der Waals surface area contributed by atoms with E-state index in [1.807, 2.05) is 30.3 Å². The lowest BCUT2D eigenvalue weighted by molar-refractivity contribution is -0.161. The quantitative estimate of drug-likeness (QED) is 0.114. The fraction of sp³-hybridized carbons (Fsp3) is 0.774. The molecule has 1 unspecified atom stereocenters. The van der Waals surface area contributed by atoms with Gasteiger partial charge >= 0.3 is 5.97 Å². The number of benzene rings is 1. The highest BCUT2D eigenvalue weighted by atomic mass is 16.6. The van der Waals surface area contributed by atoms with Crippen LogP contribution in [0.1, 0.15) is 128 Å². The minimum Gasteiger partial charge on any atom is -0.454 e. The van der Waals surface area contributed by atoms with Gasteiger partial charge in [-0.15, -0.1) is 0 Å². The molecule has 2 rings (SSSR count). The van der Waals surface area contributed by atoms with E-state index in [9.17, 15) is 4.79 Å². The van der Waals surface area contributed by atoms with Crippen LogP contribution in [0.3, 0.4) is 0 Å². The maximum Gasteiger partial charge on any atom is 0.306 e. The van der Waals surface area contributed by atoms with Crippen LogP contribution in [0.5, 0.6) is 0 Å². The lowest BCUT2D eigenvalue weighted by atomic mass is 10.0. The third-order valence-corrected chi connectivity index (χ3v) is 7.10. The van der Waals surface area contributed by atoms with E-state index < -0.39 is 5.60 Å². The summed E-state index contributed by atoms with van der Waals surface area (Å²) in [7, 11) is 0. The van der Waals surface area contributed by atoms with Gasteiger partial charge in [-0.2, -0.15) is 0 Å². The van der Waals surface area contributed by atoms with Crippen LogP contribution in [0, 0.1) is 0 Å². The van der Waals surface area contributed by atoms with Crippen LogP contribution < -0.4 is 0 Å². The van der Waals surface area contributed by atoms with E-state index >= 15 is 0 Å². The molecule has 1 aliphatic heterocycles. The van der Waals surface area contributed by atoms with Crippen molar-refractivity contribution in [1.82, 2.24) is 0 Å². The number of cyclic esters (lactones) is 1. The van der Waals surface area contributed by atoms with Gasteiger partial charge in [0.1, 0.15) is 0 Å². The molecule has 0 bridgehead atoms. The molecule has 0 saturated carbocycles. The minimum absolute atomic E-state index is 0.140. The normalized spacial score (nSPS) is 17.7. The molecule has 1 aliphatic rings. The third-order valence-electron chi connectivity index (χ3n) is 7.10. The van der Waals surface area contributed by atoms with Crippen molar-refractivity contribution in [2.45, 2.75) is 135 Å². The first-order valence-electron chi connectivity index (χ1n) is 14.7. The summed E-state index contributed by atoms with van der Waals surface area (Å²) in [6.45, 7) is 4.38. The molecular formula is C31H52O4. The second kappa shape index (κ2) is 19.8. The van der Waals surface area contributed by atoms with E-state index in [2.05, 4.69) is 6.92 Å². The lowest BCUT2D eigenvalue weighted by Crippen LogP contribution is -2.39. The summed E-state index contributed by atoms with van der Waals surface area (Å²) >= 11 is 0. The lowest BCUT2D eigenvalue weighted by Gasteiger charge is -2.27. The van der Waals surface area contributed by atoms with E-state index in [-0.39, 0.29) is 5.97 Å². The van der Waals surface area contributed by atoms with Gasteiger partial charge in [-0.3, -0.25) is 4.79 Å². The van der Waals surface area contributed by atoms with Crippen molar-refractivity contribution in [2.75, 3.05) is 19.8 Å². The van der Waals surface area contributed by atoms with Gasteiger partial charge in [0.15, 0.2) is 5.60 Å². The average molecular weight is 489 g/mol. The Hall–Kier alpha value is -1.39. The van der Waals surface area contributed by atoms with Crippen molar-refractivity contribution >= 4 is 5.97 Å². The van der Waals surface area contributed by atoms with Gasteiger partial charge in [0.25, 0.3) is 0 Å². The van der Waals surface area contributed by atoms with E-state index in [4.69, 9.17) is 14.2 Å². The van der Waals surface area contributed by atoms with Crippen molar-refractivity contribution < 1.29 is 19.0 Å². The summed E-state index contributed by atoms with van der Waals surface area (Å²) in [5.74, 6) is -0.140. The van der Waals surface area contributed by atoms with Crippen molar-refractivity contribution in [2.24, 2.45) is 0 Å². The van der Waals surface area contributed by atoms with Gasteiger partial charge in [0.05, 0.1) is 19.8 Å². The summed E-state index contributed by atoms with van der Waals surface area (Å²) in [6, 6.07) is 10.1. The fourth-order valence-electron chi connectivity index (χ4n) is 4.86. The Morgan fingerprint density at radius 3 is 1.74 bits per heavy atom. The van der Waals surface area contributed by atoms with Gasteiger partial charge in [-0.1, -0.05) is 134 Å². The maximum absolute atomic E-state index is 11.8. The highest BCUT2D eigenvalue weighted by molar-refractivity contribution is 5.72. The van der Waals surface area contributed by atoms with Crippen molar-refractivity contribution in [3.63, 3.8) is 0 Å². The first-order chi connectivity index (χ1) is 17.2. The van der Waals surface area contributed by atoms with Crippen LogP contribution >= 0.6 is 0 Å². The predicted molar refractivity (Wildman–Crippen MR) is 145 cm³/mol. The zero-order valence-electron chi connectivity index (χ0n) is 22.6. The molecule has 1 aromatic rings. The Balaban J connectivity index is 1.39. The summed E-state index contributed by atoms with van der Waals surface area (Å²) in [6.07, 6.45) is 23.0. The summed E-state index contributed by atoms with van der Waals surface area (Å²) in [5, 5.41) is 0. The van der Waals surface area contributed by atoms with Crippen LogP contribution in [-0.4, -0.2) is 31.4 Å². The van der Waals surface area contributed by atoms with Gasteiger partial charge in [0.2, 0.25) is 0 Å². The van der Waals surface area contributed by atoms with Crippen molar-refractivity contribution in [1.29, 1.82) is 0 Å². The molecule has 4 nitrogen and oxygen atoms in total. The zero-order chi connectivity index (χ0) is 24.9. The van der Waals surface area contributed by atoms with Crippen LogP contribution in [-0.2, 0) is 25.6 Å². The zero-order valence-corrected chi connectivity index (χ0v) is 22.6. The molecule has 0 N–H and O–H groups in total. The molecule has 0 amide bonds. The molecule has 1 atom stereocenters. The molecule has 4 heteroatoms. The van der Waals surface area contributed by atoms with Gasteiger partial charge in [-0.05, 0) is 12.0 Å². The number of ether oxygens (including phenoxy) is 3. The maximum atomic E-state index is 11.8. The van der Waals surface area contributed by atoms with Crippen LogP contribution in [0.25, 0.3) is 0 Å². The second-order valence-electron chi connectivity index (χ2n) is 10.5. The SMILES string of the molecule is CCCCCCCCCCCCCCCCCCOCC1(COCc2ccccc2)CCC(=O)O1. The largest absolute Gasteiger partial charge is 0.454 e. The van der Waals surface area contributed by atoms with Crippen molar-refractivity contribution in [3.8, 4) is 0 Å². The first kappa shape index (κ1) is 29.8. The first-order valence-corrected chi connectivity index (χ1v) is 14.7. The summed E-state index contributed by atoms with van der Waals surface area (Å²) in [4.78, 5) is 11.8. The van der Waals surface area contributed by atoms with Crippen LogP contribution in [0.4, 0.5) is 0 Å². The van der Waals surface area contributed by atoms with E-state index in [0.717, 1.165) is 18.6 Å². The Morgan fingerprint density at radius 2 is 1.23 bits per heavy atom. The highest BCUT2D eigenvalue weighted by Gasteiger charge is 2.41. The molecule has 1 saturated heterocycles. The van der Waals surface area contributed by atoms with Crippen LogP contribution in [0.15, 0.2) is 30.3 Å². The number of carbonyl (C=O) groups is 1. The smallest absolute Gasteiger partial charge is 0.306 e. The molecule has 0 aromatic heterocycles. The Labute approximate surface area is 215 Å². The number of unbranched alkanes of at least 4 members (excludes halogenated alkanes) is 15. The predicted octanol–water partition coefficient (Wildman–Crippen LogP) is 8.56. The number of carbonyl (C=O) groups excluding carboxylic acids is 1. The molecule has 35 heavy (non-hydrogen) atoms.